The van der Waals surface area contributed by atoms with E-state index >= 15 is 0 Å². The van der Waals surface area contributed by atoms with Gasteiger partial charge in [-0.25, -0.2) is 4.98 Å². The van der Waals surface area contributed by atoms with E-state index in [0.29, 0.717) is 11.4 Å². The largest absolute Gasteiger partial charge is 0.495 e. The van der Waals surface area contributed by atoms with Crippen molar-refractivity contribution >= 4 is 23.4 Å². The van der Waals surface area contributed by atoms with Gasteiger partial charge in [0.05, 0.1) is 30.0 Å². The number of carbonyl (C=O) groups is 1. The first-order chi connectivity index (χ1) is 17.1. The summed E-state index contributed by atoms with van der Waals surface area (Å²) in [5.74, 6) is -0.0695. The maximum absolute atomic E-state index is 13.5. The van der Waals surface area contributed by atoms with E-state index in [1.165, 1.54) is 30.0 Å². The number of methoxy groups -OCH3 is 1. The van der Waals surface area contributed by atoms with Gasteiger partial charge in [0.25, 0.3) is 5.91 Å². The molecule has 190 valence electrons. The van der Waals surface area contributed by atoms with Crippen LogP contribution in [0.2, 0.25) is 0 Å². The molecule has 0 radical (unpaired) electrons. The van der Waals surface area contributed by atoms with Gasteiger partial charge in [-0.15, -0.1) is 0 Å². The lowest BCUT2D eigenvalue weighted by Gasteiger charge is -2.26. The molecular weight excluding hydrogens is 473 g/mol. The minimum atomic E-state index is -4.53. The molecule has 3 aromatic rings. The number of aromatic nitrogens is 2. The summed E-state index contributed by atoms with van der Waals surface area (Å²) in [6, 6.07) is 8.32. The van der Waals surface area contributed by atoms with Crippen molar-refractivity contribution in [3.05, 3.63) is 70.4 Å². The third-order valence-corrected chi connectivity index (χ3v) is 6.11. The first kappa shape index (κ1) is 25.2. The van der Waals surface area contributed by atoms with Crippen LogP contribution < -0.4 is 21.1 Å². The lowest BCUT2D eigenvalue weighted by molar-refractivity contribution is -0.138. The fourth-order valence-corrected chi connectivity index (χ4v) is 4.26. The van der Waals surface area contributed by atoms with Gasteiger partial charge in [-0.1, -0.05) is 18.2 Å². The molecule has 0 aliphatic carbocycles. The molecule has 1 amide bonds. The zero-order valence-corrected chi connectivity index (χ0v) is 20.1. The maximum atomic E-state index is 13.5. The molecule has 8 nitrogen and oxygen atoms in total. The van der Waals surface area contributed by atoms with Crippen LogP contribution in [0.5, 0.6) is 5.75 Å². The van der Waals surface area contributed by atoms with Crippen molar-refractivity contribution in [3.63, 3.8) is 0 Å². The number of primary amides is 1. The van der Waals surface area contributed by atoms with Crippen molar-refractivity contribution in [2.24, 2.45) is 5.73 Å². The van der Waals surface area contributed by atoms with Crippen molar-refractivity contribution in [1.82, 2.24) is 14.9 Å². The minimum absolute atomic E-state index is 0.00835. The summed E-state index contributed by atoms with van der Waals surface area (Å²) in [7, 11) is 3.60. The molecular formula is C25H27F3N6O2. The van der Waals surface area contributed by atoms with Crippen LogP contribution in [-0.2, 0) is 19.1 Å². The molecule has 4 N–H and O–H groups in total. The molecule has 36 heavy (non-hydrogen) atoms. The third kappa shape index (κ3) is 5.35. The Kier molecular flexibility index (Phi) is 7.02. The second-order valence-electron chi connectivity index (χ2n) is 8.71. The molecule has 0 spiro atoms. The summed E-state index contributed by atoms with van der Waals surface area (Å²) in [6.45, 7) is 3.28. The number of alkyl halides is 3. The van der Waals surface area contributed by atoms with E-state index in [9.17, 15) is 18.0 Å². The van der Waals surface area contributed by atoms with E-state index in [1.807, 2.05) is 19.2 Å². The molecule has 4 rings (SSSR count). The van der Waals surface area contributed by atoms with Crippen molar-refractivity contribution in [2.75, 3.05) is 31.3 Å². The second kappa shape index (κ2) is 10.0. The van der Waals surface area contributed by atoms with E-state index in [-0.39, 0.29) is 22.9 Å². The van der Waals surface area contributed by atoms with Gasteiger partial charge >= 0.3 is 6.18 Å². The Morgan fingerprint density at radius 1 is 1.22 bits per heavy atom. The van der Waals surface area contributed by atoms with Gasteiger partial charge in [0.15, 0.2) is 0 Å². The smallest absolute Gasteiger partial charge is 0.416 e. The molecule has 0 bridgehead atoms. The lowest BCUT2D eigenvalue weighted by Crippen LogP contribution is -2.26. The molecule has 0 saturated heterocycles. The standard InChI is InChI=1S/C25H27F3N6O2/c1-14(17-6-4-5-7-19(17)25(26,27)28)31-23-18(22(29)35)12-30-24(33-23)32-20-10-16-13-34(2)9-8-15(16)11-21(20)36-3/h4-7,10-12,14H,8-9,13H2,1-3H3,(H2,29,35)(H2,30,31,32,33). The van der Waals surface area contributed by atoms with Gasteiger partial charge in [0.2, 0.25) is 5.95 Å². The van der Waals surface area contributed by atoms with Crippen molar-refractivity contribution in [1.29, 1.82) is 0 Å². The highest BCUT2D eigenvalue weighted by molar-refractivity contribution is 5.97. The molecule has 1 aromatic heterocycles. The van der Waals surface area contributed by atoms with Crippen LogP contribution >= 0.6 is 0 Å². The summed E-state index contributed by atoms with van der Waals surface area (Å²) in [5, 5.41) is 6.01. The summed E-state index contributed by atoms with van der Waals surface area (Å²) >= 11 is 0. The molecule has 1 unspecified atom stereocenters. The van der Waals surface area contributed by atoms with E-state index in [2.05, 4.69) is 25.5 Å². The summed E-state index contributed by atoms with van der Waals surface area (Å²) in [4.78, 5) is 22.8. The number of anilines is 3. The minimum Gasteiger partial charge on any atom is -0.495 e. The van der Waals surface area contributed by atoms with Crippen LogP contribution in [-0.4, -0.2) is 41.5 Å². The van der Waals surface area contributed by atoms with Crippen molar-refractivity contribution < 1.29 is 22.7 Å². The van der Waals surface area contributed by atoms with Gasteiger partial charge in [-0.2, -0.15) is 18.2 Å². The number of hydrogen-bond donors (Lipinski definition) is 3. The molecule has 1 atom stereocenters. The predicted octanol–water partition coefficient (Wildman–Crippen LogP) is 4.51. The van der Waals surface area contributed by atoms with Crippen LogP contribution in [0.1, 0.15) is 45.6 Å². The summed E-state index contributed by atoms with van der Waals surface area (Å²) in [6.07, 6.45) is -2.40. The van der Waals surface area contributed by atoms with E-state index in [0.717, 1.165) is 31.1 Å². The number of nitrogens with one attached hydrogen (secondary N) is 2. The highest BCUT2D eigenvalue weighted by Crippen LogP contribution is 2.36. The Morgan fingerprint density at radius 2 is 1.97 bits per heavy atom. The average Bonchev–Trinajstić information content (AvgIpc) is 2.83. The number of hydrogen-bond acceptors (Lipinski definition) is 7. The van der Waals surface area contributed by atoms with Gasteiger partial charge < -0.3 is 26.0 Å². The maximum Gasteiger partial charge on any atom is 0.416 e. The summed E-state index contributed by atoms with van der Waals surface area (Å²) < 4.78 is 46.1. The number of rotatable bonds is 7. The molecule has 0 saturated carbocycles. The topological polar surface area (TPSA) is 105 Å². The number of benzene rings is 2. The number of amides is 1. The third-order valence-electron chi connectivity index (χ3n) is 6.11. The zero-order chi connectivity index (χ0) is 26.0. The molecule has 1 aliphatic heterocycles. The molecule has 0 fully saturated rings. The Morgan fingerprint density at radius 3 is 2.67 bits per heavy atom. The predicted molar refractivity (Wildman–Crippen MR) is 130 cm³/mol. The van der Waals surface area contributed by atoms with Gasteiger partial charge in [-0.05, 0) is 55.3 Å². The van der Waals surface area contributed by atoms with Crippen LogP contribution in [0.3, 0.4) is 0 Å². The fourth-order valence-electron chi connectivity index (χ4n) is 4.26. The Hall–Kier alpha value is -3.86. The van der Waals surface area contributed by atoms with Crippen molar-refractivity contribution in [3.8, 4) is 5.75 Å². The van der Waals surface area contributed by atoms with Gasteiger partial charge in [0.1, 0.15) is 11.6 Å². The first-order valence-electron chi connectivity index (χ1n) is 11.3. The second-order valence-corrected chi connectivity index (χ2v) is 8.71. The molecule has 1 aliphatic rings. The Balaban J connectivity index is 1.66. The van der Waals surface area contributed by atoms with Crippen LogP contribution in [0, 0.1) is 0 Å². The van der Waals surface area contributed by atoms with Gasteiger partial charge in [-0.3, -0.25) is 4.79 Å². The zero-order valence-electron chi connectivity index (χ0n) is 20.1. The van der Waals surface area contributed by atoms with Crippen LogP contribution in [0.25, 0.3) is 0 Å². The highest BCUT2D eigenvalue weighted by Gasteiger charge is 2.34. The summed E-state index contributed by atoms with van der Waals surface area (Å²) in [5.41, 5.74) is 7.62. The number of likely N-dealkylation sites (N-methyl/N-ethyl adjacent to an activating group) is 1. The van der Waals surface area contributed by atoms with E-state index < -0.39 is 23.7 Å². The quantitative estimate of drug-likeness (QED) is 0.438. The molecule has 2 heterocycles. The van der Waals surface area contributed by atoms with E-state index in [4.69, 9.17) is 10.5 Å². The normalized spacial score (nSPS) is 14.6. The van der Waals surface area contributed by atoms with Crippen LogP contribution in [0.15, 0.2) is 42.6 Å². The number of ether oxygens (including phenoxy) is 1. The fraction of sp³-hybridized carbons (Fsp3) is 0.320. The highest BCUT2D eigenvalue weighted by atomic mass is 19.4. The number of nitrogens with two attached hydrogens (primary N) is 1. The SMILES string of the molecule is COc1cc2c(cc1Nc1ncc(C(N)=O)c(NC(C)c3ccccc3C(F)(F)F)n1)CN(C)CC2. The van der Waals surface area contributed by atoms with Crippen LogP contribution in [0.4, 0.5) is 30.6 Å². The number of nitrogens with zero attached hydrogens (tertiary/aromatic N) is 3. The monoisotopic (exact) mass is 500 g/mol. The molecule has 2 aromatic carbocycles. The Bertz CT molecular complexity index is 1280. The first-order valence-corrected chi connectivity index (χ1v) is 11.3. The number of carbonyl (C=O) groups excluding carboxylic acids is 1. The number of fused-ring (bicyclic) bond motifs is 1. The average molecular weight is 501 g/mol. The Labute approximate surface area is 206 Å². The number of halogens is 3. The van der Waals surface area contributed by atoms with Crippen molar-refractivity contribution in [2.45, 2.75) is 32.1 Å². The molecule has 11 heteroatoms. The van der Waals surface area contributed by atoms with Gasteiger partial charge in [0, 0.05) is 19.3 Å². The lowest BCUT2D eigenvalue weighted by atomic mass is 9.99. The van der Waals surface area contributed by atoms with E-state index in [1.54, 1.807) is 14.0 Å².